The van der Waals surface area contributed by atoms with Crippen LogP contribution in [0.1, 0.15) is 0 Å². The Bertz CT molecular complexity index is 1130. The molecule has 0 saturated heterocycles. The molecule has 0 aliphatic rings. The highest BCUT2D eigenvalue weighted by atomic mass is 79.9. The Kier molecular flexibility index (Phi) is 10.6. The number of ether oxygens (including phenoxy) is 2. The summed E-state index contributed by atoms with van der Waals surface area (Å²) in [7, 11) is 0. The van der Waals surface area contributed by atoms with E-state index in [1.165, 1.54) is 0 Å². The standard InChI is InChI=1S/C24H20Br2N4O4S2/c25-15-1-5-17(6-2-15)27-23(35)29-21(31)13-33-19-9-11-20(12-10-19)34-14-22(32)30-24(36)28-18-7-3-16(26)4-8-18/h1-12H,13-14H2,(H2,27,29,31,35)(H2,28,30,32,36). The van der Waals surface area contributed by atoms with Crippen molar-refractivity contribution in [3.05, 3.63) is 81.7 Å². The van der Waals surface area contributed by atoms with Gasteiger partial charge in [-0.25, -0.2) is 0 Å². The molecule has 0 heterocycles. The summed E-state index contributed by atoms with van der Waals surface area (Å²) in [5.41, 5.74) is 1.49. The largest absolute Gasteiger partial charge is 0.484 e. The van der Waals surface area contributed by atoms with E-state index in [0.29, 0.717) is 11.5 Å². The zero-order valence-corrected chi connectivity index (χ0v) is 23.4. The summed E-state index contributed by atoms with van der Waals surface area (Å²) in [5.74, 6) is 0.0888. The normalized spacial score (nSPS) is 10.1. The van der Waals surface area contributed by atoms with E-state index in [0.717, 1.165) is 20.3 Å². The van der Waals surface area contributed by atoms with Crippen molar-refractivity contribution < 1.29 is 19.1 Å². The number of carbonyl (C=O) groups excluding carboxylic acids is 2. The number of hydrogen-bond donors (Lipinski definition) is 4. The lowest BCUT2D eigenvalue weighted by Gasteiger charge is -2.12. The molecule has 0 unspecified atom stereocenters. The third kappa shape index (κ3) is 9.90. The molecule has 36 heavy (non-hydrogen) atoms. The van der Waals surface area contributed by atoms with Crippen LogP contribution in [-0.2, 0) is 9.59 Å². The summed E-state index contributed by atoms with van der Waals surface area (Å²) in [6.07, 6.45) is 0. The summed E-state index contributed by atoms with van der Waals surface area (Å²) >= 11 is 17.0. The Balaban J connectivity index is 1.35. The Morgan fingerprint density at radius 1 is 0.611 bits per heavy atom. The number of hydrogen-bond acceptors (Lipinski definition) is 6. The monoisotopic (exact) mass is 650 g/mol. The smallest absolute Gasteiger partial charge is 0.264 e. The Morgan fingerprint density at radius 2 is 0.944 bits per heavy atom. The zero-order chi connectivity index (χ0) is 25.9. The zero-order valence-electron chi connectivity index (χ0n) is 18.5. The summed E-state index contributed by atoms with van der Waals surface area (Å²) in [5, 5.41) is 11.3. The van der Waals surface area contributed by atoms with Gasteiger partial charge in [-0.15, -0.1) is 0 Å². The van der Waals surface area contributed by atoms with E-state index in [9.17, 15) is 9.59 Å². The number of rotatable bonds is 8. The number of anilines is 2. The molecule has 0 bridgehead atoms. The van der Waals surface area contributed by atoms with Crippen LogP contribution in [0.2, 0.25) is 0 Å². The third-order valence-electron chi connectivity index (χ3n) is 4.27. The SMILES string of the molecule is O=C(COc1ccc(OCC(=O)NC(=S)Nc2ccc(Br)cc2)cc1)NC(=S)Nc1ccc(Br)cc1. The van der Waals surface area contributed by atoms with Gasteiger partial charge in [-0.1, -0.05) is 31.9 Å². The molecule has 0 saturated carbocycles. The Morgan fingerprint density at radius 3 is 1.28 bits per heavy atom. The number of benzene rings is 3. The van der Waals surface area contributed by atoms with Crippen LogP contribution in [0.15, 0.2) is 81.7 Å². The van der Waals surface area contributed by atoms with Gasteiger partial charge in [-0.2, -0.15) is 0 Å². The van der Waals surface area contributed by atoms with Crippen LogP contribution in [0.5, 0.6) is 11.5 Å². The molecule has 0 aliphatic carbocycles. The van der Waals surface area contributed by atoms with E-state index in [1.807, 2.05) is 48.5 Å². The van der Waals surface area contributed by atoms with Crippen molar-refractivity contribution in [2.75, 3.05) is 23.8 Å². The minimum absolute atomic E-state index is 0.166. The first-order valence-electron chi connectivity index (χ1n) is 10.4. The van der Waals surface area contributed by atoms with Gasteiger partial charge in [-0.05, 0) is 97.2 Å². The molecule has 0 aliphatic heterocycles. The molecule has 3 aromatic carbocycles. The molecular weight excluding hydrogens is 632 g/mol. The highest BCUT2D eigenvalue weighted by molar-refractivity contribution is 9.10. The first-order chi connectivity index (χ1) is 17.3. The van der Waals surface area contributed by atoms with Crippen molar-refractivity contribution in [1.29, 1.82) is 0 Å². The van der Waals surface area contributed by atoms with Gasteiger partial charge in [0.2, 0.25) is 0 Å². The van der Waals surface area contributed by atoms with Crippen molar-refractivity contribution in [2.45, 2.75) is 0 Å². The fraction of sp³-hybridized carbons (Fsp3) is 0.0833. The topological polar surface area (TPSA) is 101 Å². The number of nitrogens with one attached hydrogen (secondary N) is 4. The fourth-order valence-corrected chi connectivity index (χ4v) is 3.64. The Labute approximate surface area is 235 Å². The van der Waals surface area contributed by atoms with Crippen molar-refractivity contribution in [1.82, 2.24) is 10.6 Å². The van der Waals surface area contributed by atoms with Gasteiger partial charge in [0.1, 0.15) is 11.5 Å². The minimum atomic E-state index is -0.408. The minimum Gasteiger partial charge on any atom is -0.484 e. The number of carbonyl (C=O) groups is 2. The average Bonchev–Trinajstić information content (AvgIpc) is 2.85. The molecule has 0 aromatic heterocycles. The van der Waals surface area contributed by atoms with Gasteiger partial charge in [0, 0.05) is 20.3 Å². The molecule has 12 heteroatoms. The van der Waals surface area contributed by atoms with Crippen LogP contribution in [0, 0.1) is 0 Å². The number of amides is 2. The molecule has 4 N–H and O–H groups in total. The second kappa shape index (κ2) is 13.9. The molecule has 0 fully saturated rings. The van der Waals surface area contributed by atoms with Gasteiger partial charge in [0.05, 0.1) is 0 Å². The van der Waals surface area contributed by atoms with Crippen molar-refractivity contribution in [3.63, 3.8) is 0 Å². The second-order valence-electron chi connectivity index (χ2n) is 7.07. The van der Waals surface area contributed by atoms with Gasteiger partial charge in [0.25, 0.3) is 11.8 Å². The van der Waals surface area contributed by atoms with Crippen LogP contribution in [0.4, 0.5) is 11.4 Å². The predicted molar refractivity (Wildman–Crippen MR) is 154 cm³/mol. The fourth-order valence-electron chi connectivity index (χ4n) is 2.65. The molecule has 2 amide bonds. The predicted octanol–water partition coefficient (Wildman–Crippen LogP) is 5.00. The summed E-state index contributed by atoms with van der Waals surface area (Å²) in [6, 6.07) is 21.2. The van der Waals surface area contributed by atoms with Crippen LogP contribution in [-0.4, -0.2) is 35.3 Å². The highest BCUT2D eigenvalue weighted by Crippen LogP contribution is 2.18. The lowest BCUT2D eigenvalue weighted by atomic mass is 10.3. The summed E-state index contributed by atoms with van der Waals surface area (Å²) in [4.78, 5) is 24.2. The van der Waals surface area contributed by atoms with E-state index < -0.39 is 11.8 Å². The van der Waals surface area contributed by atoms with Crippen LogP contribution in [0.3, 0.4) is 0 Å². The van der Waals surface area contributed by atoms with Crippen molar-refractivity contribution >= 4 is 89.7 Å². The molecule has 0 radical (unpaired) electrons. The first-order valence-corrected chi connectivity index (χ1v) is 12.8. The maximum atomic E-state index is 12.1. The molecule has 3 rings (SSSR count). The maximum Gasteiger partial charge on any atom is 0.264 e. The van der Waals surface area contributed by atoms with Gasteiger partial charge < -0.3 is 20.1 Å². The van der Waals surface area contributed by atoms with Crippen molar-refractivity contribution in [2.24, 2.45) is 0 Å². The molecule has 0 atom stereocenters. The summed E-state index contributed by atoms with van der Waals surface area (Å²) in [6.45, 7) is -0.457. The molecular formula is C24H20Br2N4O4S2. The van der Waals surface area contributed by atoms with Crippen LogP contribution in [0.25, 0.3) is 0 Å². The summed E-state index contributed by atoms with van der Waals surface area (Å²) < 4.78 is 12.8. The molecule has 186 valence electrons. The lowest BCUT2D eigenvalue weighted by Crippen LogP contribution is -2.37. The van der Waals surface area contributed by atoms with E-state index in [-0.39, 0.29) is 23.4 Å². The highest BCUT2D eigenvalue weighted by Gasteiger charge is 2.08. The quantitative estimate of drug-likeness (QED) is 0.253. The molecule has 3 aromatic rings. The van der Waals surface area contributed by atoms with E-state index in [1.54, 1.807) is 24.3 Å². The van der Waals surface area contributed by atoms with E-state index in [4.69, 9.17) is 33.9 Å². The van der Waals surface area contributed by atoms with E-state index in [2.05, 4.69) is 53.1 Å². The van der Waals surface area contributed by atoms with Gasteiger partial charge >= 0.3 is 0 Å². The molecule has 0 spiro atoms. The van der Waals surface area contributed by atoms with Crippen molar-refractivity contribution in [3.8, 4) is 11.5 Å². The van der Waals surface area contributed by atoms with Gasteiger partial charge in [0.15, 0.2) is 23.4 Å². The second-order valence-corrected chi connectivity index (χ2v) is 9.71. The van der Waals surface area contributed by atoms with E-state index >= 15 is 0 Å². The first kappa shape index (κ1) is 27.5. The average molecular weight is 652 g/mol. The van der Waals surface area contributed by atoms with Crippen LogP contribution < -0.4 is 30.7 Å². The van der Waals surface area contributed by atoms with Gasteiger partial charge in [-0.3, -0.25) is 20.2 Å². The molecule has 8 nitrogen and oxygen atoms in total. The third-order valence-corrected chi connectivity index (χ3v) is 5.74. The number of thiocarbonyl (C=S) groups is 2. The lowest BCUT2D eigenvalue weighted by molar-refractivity contribution is -0.122. The van der Waals surface area contributed by atoms with Crippen LogP contribution >= 0.6 is 56.3 Å². The Hall–Kier alpha value is -3.06. The maximum absolute atomic E-state index is 12.1. The number of halogens is 2.